The molecule has 2 aliphatic carbocycles. The summed E-state index contributed by atoms with van der Waals surface area (Å²) in [6, 6.07) is 0.148. The zero-order valence-corrected chi connectivity index (χ0v) is 9.96. The van der Waals surface area contributed by atoms with Crippen molar-refractivity contribution in [2.24, 2.45) is 17.6 Å². The molecule has 1 heterocycles. The van der Waals surface area contributed by atoms with Gasteiger partial charge >= 0.3 is 0 Å². The Hall–Kier alpha value is -0.410. The van der Waals surface area contributed by atoms with Gasteiger partial charge in [0.05, 0.1) is 5.01 Å². The van der Waals surface area contributed by atoms with E-state index in [1.54, 1.807) is 0 Å². The van der Waals surface area contributed by atoms with E-state index in [2.05, 4.69) is 4.98 Å². The van der Waals surface area contributed by atoms with Crippen molar-refractivity contribution in [2.75, 3.05) is 0 Å². The molecule has 2 saturated carbocycles. The Bertz CT molecular complexity index is 358. The molecule has 0 radical (unpaired) electrons. The van der Waals surface area contributed by atoms with Crippen LogP contribution in [-0.4, -0.2) is 4.98 Å². The number of nitrogens with zero attached hydrogens (tertiary/aromatic N) is 1. The number of hydrogen-bond acceptors (Lipinski definition) is 3. The first-order valence-corrected chi connectivity index (χ1v) is 6.77. The zero-order chi connectivity index (χ0) is 10.4. The Morgan fingerprint density at radius 1 is 1.47 bits per heavy atom. The maximum atomic E-state index is 5.87. The highest BCUT2D eigenvalue weighted by molar-refractivity contribution is 7.11. The van der Waals surface area contributed by atoms with Crippen LogP contribution >= 0.6 is 11.3 Å². The minimum Gasteiger partial charge on any atom is -0.323 e. The zero-order valence-electron chi connectivity index (χ0n) is 9.15. The Morgan fingerprint density at radius 2 is 2.33 bits per heavy atom. The number of hydrogen-bond donors (Lipinski definition) is 1. The van der Waals surface area contributed by atoms with Gasteiger partial charge in [0.2, 0.25) is 0 Å². The van der Waals surface area contributed by atoms with Gasteiger partial charge in [-0.2, -0.15) is 0 Å². The molecule has 2 nitrogen and oxygen atoms in total. The lowest BCUT2D eigenvalue weighted by molar-refractivity contribution is 0.419. The topological polar surface area (TPSA) is 38.9 Å². The predicted octanol–water partition coefficient (Wildman–Crippen LogP) is 3.07. The maximum Gasteiger partial charge on any atom is 0.0962 e. The molecular formula is C12H18N2S. The number of nitrogens with two attached hydrogens (primary N) is 1. The molecule has 2 aliphatic rings. The highest BCUT2D eigenvalue weighted by Gasteiger charge is 2.41. The number of thiazole rings is 1. The number of aromatic nitrogens is 1. The van der Waals surface area contributed by atoms with Crippen LogP contribution in [0.3, 0.4) is 0 Å². The molecule has 82 valence electrons. The minimum atomic E-state index is 0.148. The monoisotopic (exact) mass is 222 g/mol. The van der Waals surface area contributed by atoms with Crippen molar-refractivity contribution in [3.05, 3.63) is 16.1 Å². The van der Waals surface area contributed by atoms with Gasteiger partial charge in [0, 0.05) is 23.0 Å². The first kappa shape index (κ1) is 9.79. The third-order valence-corrected chi connectivity index (χ3v) is 5.38. The molecule has 4 unspecified atom stereocenters. The smallest absolute Gasteiger partial charge is 0.0962 e. The van der Waals surface area contributed by atoms with Crippen molar-refractivity contribution >= 4 is 11.3 Å². The molecule has 0 aromatic carbocycles. The van der Waals surface area contributed by atoms with Gasteiger partial charge in [0.1, 0.15) is 0 Å². The van der Waals surface area contributed by atoms with E-state index in [-0.39, 0.29) is 6.04 Å². The van der Waals surface area contributed by atoms with Crippen molar-refractivity contribution in [2.45, 2.75) is 44.6 Å². The summed E-state index contributed by atoms with van der Waals surface area (Å²) >= 11 is 1.84. The second kappa shape index (κ2) is 3.56. The van der Waals surface area contributed by atoms with Crippen molar-refractivity contribution < 1.29 is 0 Å². The molecule has 2 bridgehead atoms. The second-order valence-corrected chi connectivity index (χ2v) is 6.26. The van der Waals surface area contributed by atoms with E-state index < -0.39 is 0 Å². The fraction of sp³-hybridized carbons (Fsp3) is 0.750. The van der Waals surface area contributed by atoms with Crippen LogP contribution in [0.1, 0.15) is 54.5 Å². The van der Waals surface area contributed by atoms with Gasteiger partial charge < -0.3 is 5.73 Å². The third-order valence-electron chi connectivity index (χ3n) is 4.05. The van der Waals surface area contributed by atoms with Crippen molar-refractivity contribution in [3.63, 3.8) is 0 Å². The van der Waals surface area contributed by atoms with Gasteiger partial charge in [0.25, 0.3) is 0 Å². The lowest BCUT2D eigenvalue weighted by Gasteiger charge is -2.18. The number of rotatable bonds is 2. The van der Waals surface area contributed by atoms with Gasteiger partial charge in [-0.25, -0.2) is 4.98 Å². The van der Waals surface area contributed by atoms with Gasteiger partial charge in [0.15, 0.2) is 0 Å². The molecule has 0 spiro atoms. The second-order valence-electron chi connectivity index (χ2n) is 5.17. The van der Waals surface area contributed by atoms with Gasteiger partial charge in [-0.1, -0.05) is 6.42 Å². The summed E-state index contributed by atoms with van der Waals surface area (Å²) in [5, 5.41) is 1.36. The van der Waals surface area contributed by atoms with E-state index in [0.717, 1.165) is 17.8 Å². The van der Waals surface area contributed by atoms with E-state index in [1.807, 2.05) is 24.5 Å². The maximum absolute atomic E-state index is 5.87. The van der Waals surface area contributed by atoms with Crippen LogP contribution < -0.4 is 5.73 Å². The van der Waals surface area contributed by atoms with Crippen LogP contribution in [-0.2, 0) is 0 Å². The van der Waals surface area contributed by atoms with E-state index in [0.29, 0.717) is 0 Å². The van der Waals surface area contributed by atoms with Crippen LogP contribution in [0.5, 0.6) is 0 Å². The van der Waals surface area contributed by atoms with E-state index in [1.165, 1.54) is 35.6 Å². The first-order chi connectivity index (χ1) is 7.24. The SMILES string of the molecule is CC(N)c1cnc(C2CC3CCC2C3)s1. The molecule has 3 rings (SSSR count). The lowest BCUT2D eigenvalue weighted by atomic mass is 9.89. The quantitative estimate of drug-likeness (QED) is 0.835. The minimum absolute atomic E-state index is 0.148. The summed E-state index contributed by atoms with van der Waals surface area (Å²) in [5.74, 6) is 2.70. The normalized spacial score (nSPS) is 36.0. The summed E-state index contributed by atoms with van der Waals surface area (Å²) in [5.41, 5.74) is 5.87. The van der Waals surface area contributed by atoms with Crippen molar-refractivity contribution in [1.29, 1.82) is 0 Å². The van der Waals surface area contributed by atoms with E-state index in [9.17, 15) is 0 Å². The first-order valence-electron chi connectivity index (χ1n) is 5.95. The molecule has 0 amide bonds. The van der Waals surface area contributed by atoms with Crippen LogP contribution in [0.4, 0.5) is 0 Å². The van der Waals surface area contributed by atoms with E-state index >= 15 is 0 Å². The highest BCUT2D eigenvalue weighted by Crippen LogP contribution is 2.53. The largest absolute Gasteiger partial charge is 0.323 e. The standard InChI is InChI=1S/C12H18N2S/c1-7(13)11-6-14-12(15-11)10-5-8-2-3-9(10)4-8/h6-10H,2-5,13H2,1H3. The van der Waals surface area contributed by atoms with Crippen LogP contribution in [0.2, 0.25) is 0 Å². The summed E-state index contributed by atoms with van der Waals surface area (Å²) in [6.07, 6.45) is 7.72. The average molecular weight is 222 g/mol. The predicted molar refractivity (Wildman–Crippen MR) is 62.9 cm³/mol. The molecule has 0 saturated heterocycles. The third kappa shape index (κ3) is 1.62. The molecular weight excluding hydrogens is 204 g/mol. The summed E-state index contributed by atoms with van der Waals surface area (Å²) < 4.78 is 0. The molecule has 3 heteroatoms. The fourth-order valence-electron chi connectivity index (χ4n) is 3.23. The molecule has 4 atom stereocenters. The van der Waals surface area contributed by atoms with Crippen LogP contribution in [0.25, 0.3) is 0 Å². The Labute approximate surface area is 94.9 Å². The Kier molecular flexibility index (Phi) is 2.33. The summed E-state index contributed by atoms with van der Waals surface area (Å²) in [6.45, 7) is 2.04. The molecule has 2 N–H and O–H groups in total. The van der Waals surface area contributed by atoms with Crippen LogP contribution in [0.15, 0.2) is 6.20 Å². The van der Waals surface area contributed by atoms with Gasteiger partial charge in [-0.15, -0.1) is 11.3 Å². The van der Waals surface area contributed by atoms with Crippen molar-refractivity contribution in [3.8, 4) is 0 Å². The average Bonchev–Trinajstić information content (AvgIpc) is 2.93. The molecule has 2 fully saturated rings. The molecule has 1 aromatic rings. The summed E-state index contributed by atoms with van der Waals surface area (Å²) in [4.78, 5) is 5.82. The Morgan fingerprint density at radius 3 is 2.87 bits per heavy atom. The molecule has 15 heavy (non-hydrogen) atoms. The van der Waals surface area contributed by atoms with Crippen molar-refractivity contribution in [1.82, 2.24) is 4.98 Å². The fourth-order valence-corrected chi connectivity index (χ4v) is 4.31. The van der Waals surface area contributed by atoms with Gasteiger partial charge in [-0.3, -0.25) is 0 Å². The van der Waals surface area contributed by atoms with Crippen LogP contribution in [0, 0.1) is 11.8 Å². The van der Waals surface area contributed by atoms with E-state index in [4.69, 9.17) is 5.73 Å². The number of fused-ring (bicyclic) bond motifs is 2. The van der Waals surface area contributed by atoms with Gasteiger partial charge in [-0.05, 0) is 38.0 Å². The molecule has 0 aliphatic heterocycles. The highest BCUT2D eigenvalue weighted by atomic mass is 32.1. The Balaban J connectivity index is 1.81. The molecule has 1 aromatic heterocycles. The lowest BCUT2D eigenvalue weighted by Crippen LogP contribution is -2.07. The summed E-state index contributed by atoms with van der Waals surface area (Å²) in [7, 11) is 0.